The first-order valence-corrected chi connectivity index (χ1v) is 8.41. The molecule has 1 aliphatic heterocycles. The van der Waals surface area contributed by atoms with E-state index in [0.717, 1.165) is 68.6 Å². The Kier molecular flexibility index (Phi) is 5.61. The zero-order valence-electron chi connectivity index (χ0n) is 13.5. The Balaban J connectivity index is 1.45. The van der Waals surface area contributed by atoms with E-state index in [1.807, 2.05) is 42.5 Å². The molecule has 23 heavy (non-hydrogen) atoms. The zero-order valence-corrected chi connectivity index (χ0v) is 13.5. The zero-order chi connectivity index (χ0) is 15.9. The summed E-state index contributed by atoms with van der Waals surface area (Å²) in [5, 5.41) is 5.17. The largest absolute Gasteiger partial charge is 0.379 e. The minimum absolute atomic E-state index is 0.0215. The molecule has 1 fully saturated rings. The van der Waals surface area contributed by atoms with Crippen molar-refractivity contribution in [2.75, 3.05) is 39.4 Å². The van der Waals surface area contributed by atoms with Crippen LogP contribution in [0.1, 0.15) is 23.2 Å². The van der Waals surface area contributed by atoms with Gasteiger partial charge in [-0.05, 0) is 36.2 Å². The van der Waals surface area contributed by atoms with Gasteiger partial charge in [0, 0.05) is 25.2 Å². The van der Waals surface area contributed by atoms with E-state index >= 15 is 0 Å². The Hall–Kier alpha value is -1.91. The van der Waals surface area contributed by atoms with Gasteiger partial charge in [-0.25, -0.2) is 0 Å². The molecule has 1 amide bonds. The van der Waals surface area contributed by atoms with Crippen LogP contribution >= 0.6 is 0 Å². The summed E-state index contributed by atoms with van der Waals surface area (Å²) >= 11 is 0. The number of nitrogens with zero attached hydrogens (tertiary/aromatic N) is 1. The molecule has 3 rings (SSSR count). The molecule has 1 saturated heterocycles. The average Bonchev–Trinajstić information content (AvgIpc) is 2.61. The van der Waals surface area contributed by atoms with Gasteiger partial charge in [-0.1, -0.05) is 36.4 Å². The summed E-state index contributed by atoms with van der Waals surface area (Å²) < 4.78 is 5.34. The van der Waals surface area contributed by atoms with Crippen LogP contribution in [-0.2, 0) is 4.74 Å². The van der Waals surface area contributed by atoms with Gasteiger partial charge in [-0.3, -0.25) is 9.69 Å². The second kappa shape index (κ2) is 8.09. The lowest BCUT2D eigenvalue weighted by Crippen LogP contribution is -2.37. The highest BCUT2D eigenvalue weighted by atomic mass is 16.5. The number of hydrogen-bond donors (Lipinski definition) is 1. The third kappa shape index (κ3) is 4.30. The van der Waals surface area contributed by atoms with E-state index in [0.29, 0.717) is 0 Å². The van der Waals surface area contributed by atoms with E-state index < -0.39 is 0 Å². The molecule has 0 bridgehead atoms. The number of ether oxygens (including phenoxy) is 1. The highest BCUT2D eigenvalue weighted by molar-refractivity contribution is 6.06. The van der Waals surface area contributed by atoms with Gasteiger partial charge in [0.15, 0.2) is 0 Å². The number of fused-ring (bicyclic) bond motifs is 1. The number of carbonyl (C=O) groups excluding carboxylic acids is 1. The van der Waals surface area contributed by atoms with Crippen molar-refractivity contribution >= 4 is 16.7 Å². The Morgan fingerprint density at radius 3 is 2.70 bits per heavy atom. The van der Waals surface area contributed by atoms with Crippen molar-refractivity contribution in [2.45, 2.75) is 12.8 Å². The minimum atomic E-state index is 0.0215. The molecule has 0 radical (unpaired) electrons. The van der Waals surface area contributed by atoms with Gasteiger partial charge in [0.25, 0.3) is 5.91 Å². The van der Waals surface area contributed by atoms with Gasteiger partial charge in [-0.15, -0.1) is 0 Å². The van der Waals surface area contributed by atoms with Crippen LogP contribution in [0.3, 0.4) is 0 Å². The van der Waals surface area contributed by atoms with E-state index in [9.17, 15) is 4.79 Å². The molecule has 0 saturated carbocycles. The van der Waals surface area contributed by atoms with Crippen molar-refractivity contribution in [2.24, 2.45) is 0 Å². The predicted octanol–water partition coefficient (Wildman–Crippen LogP) is 2.68. The molecule has 1 heterocycles. The van der Waals surface area contributed by atoms with Crippen molar-refractivity contribution < 1.29 is 9.53 Å². The topological polar surface area (TPSA) is 41.6 Å². The quantitative estimate of drug-likeness (QED) is 0.834. The van der Waals surface area contributed by atoms with E-state index in [1.165, 1.54) is 0 Å². The molecule has 1 aliphatic rings. The van der Waals surface area contributed by atoms with E-state index in [1.54, 1.807) is 0 Å². The molecule has 2 aromatic rings. The number of morpholine rings is 1. The van der Waals surface area contributed by atoms with Crippen molar-refractivity contribution in [3.8, 4) is 0 Å². The Morgan fingerprint density at radius 2 is 1.83 bits per heavy atom. The summed E-state index contributed by atoms with van der Waals surface area (Å²) in [4.78, 5) is 14.8. The fourth-order valence-electron chi connectivity index (χ4n) is 3.01. The molecule has 0 atom stereocenters. The maximum absolute atomic E-state index is 12.4. The van der Waals surface area contributed by atoms with Crippen molar-refractivity contribution in [1.29, 1.82) is 0 Å². The van der Waals surface area contributed by atoms with Gasteiger partial charge in [0.1, 0.15) is 0 Å². The number of benzene rings is 2. The second-order valence-corrected chi connectivity index (χ2v) is 5.94. The number of rotatable bonds is 6. The maximum Gasteiger partial charge on any atom is 0.251 e. The molecule has 4 heteroatoms. The summed E-state index contributed by atoms with van der Waals surface area (Å²) in [6.45, 7) is 5.57. The molecular formula is C19H24N2O2. The molecule has 0 spiro atoms. The summed E-state index contributed by atoms with van der Waals surface area (Å²) in [5.41, 5.74) is 0.760. The first-order chi connectivity index (χ1) is 11.3. The SMILES string of the molecule is O=C(NCCCCN1CCOCC1)c1cccc2ccccc12. The summed E-state index contributed by atoms with van der Waals surface area (Å²) in [5.74, 6) is 0.0215. The number of carbonyl (C=O) groups is 1. The lowest BCUT2D eigenvalue weighted by Gasteiger charge is -2.26. The molecule has 122 valence electrons. The minimum Gasteiger partial charge on any atom is -0.379 e. The Morgan fingerprint density at radius 1 is 1.04 bits per heavy atom. The lowest BCUT2D eigenvalue weighted by atomic mass is 10.0. The first-order valence-electron chi connectivity index (χ1n) is 8.41. The summed E-state index contributed by atoms with van der Waals surface area (Å²) in [6, 6.07) is 13.9. The van der Waals surface area contributed by atoms with Crippen molar-refractivity contribution in [3.05, 3.63) is 48.0 Å². The lowest BCUT2D eigenvalue weighted by molar-refractivity contribution is 0.0372. The first kappa shape index (κ1) is 16.0. The van der Waals surface area contributed by atoms with E-state index in [2.05, 4.69) is 10.2 Å². The fourth-order valence-corrected chi connectivity index (χ4v) is 3.01. The van der Waals surface area contributed by atoms with Crippen molar-refractivity contribution in [1.82, 2.24) is 10.2 Å². The van der Waals surface area contributed by atoms with E-state index in [-0.39, 0.29) is 5.91 Å². The number of amides is 1. The molecule has 4 nitrogen and oxygen atoms in total. The third-order valence-electron chi connectivity index (χ3n) is 4.32. The van der Waals surface area contributed by atoms with Gasteiger partial charge < -0.3 is 10.1 Å². The number of nitrogens with one attached hydrogen (secondary N) is 1. The van der Waals surface area contributed by atoms with Crippen LogP contribution in [0.4, 0.5) is 0 Å². The molecule has 2 aromatic carbocycles. The Bertz CT molecular complexity index is 645. The number of hydrogen-bond acceptors (Lipinski definition) is 3. The van der Waals surface area contributed by atoms with E-state index in [4.69, 9.17) is 4.74 Å². The van der Waals surface area contributed by atoms with Gasteiger partial charge in [0.2, 0.25) is 0 Å². The Labute approximate surface area is 137 Å². The third-order valence-corrected chi connectivity index (χ3v) is 4.32. The fraction of sp³-hybridized carbons (Fsp3) is 0.421. The van der Waals surface area contributed by atoms with Crippen LogP contribution < -0.4 is 5.32 Å². The number of unbranched alkanes of at least 4 members (excludes halogenated alkanes) is 1. The van der Waals surface area contributed by atoms with Crippen LogP contribution in [0.2, 0.25) is 0 Å². The highest BCUT2D eigenvalue weighted by Gasteiger charge is 2.10. The molecule has 0 unspecified atom stereocenters. The average molecular weight is 312 g/mol. The predicted molar refractivity (Wildman–Crippen MR) is 92.8 cm³/mol. The standard InChI is InChI=1S/C19H24N2O2/c22-19(18-9-5-7-16-6-1-2-8-17(16)18)20-10-3-4-11-21-12-14-23-15-13-21/h1-2,5-9H,3-4,10-15H2,(H,20,22). The van der Waals surface area contributed by atoms with Crippen LogP contribution in [0.15, 0.2) is 42.5 Å². The monoisotopic (exact) mass is 312 g/mol. The maximum atomic E-state index is 12.4. The second-order valence-electron chi connectivity index (χ2n) is 5.94. The smallest absolute Gasteiger partial charge is 0.251 e. The highest BCUT2D eigenvalue weighted by Crippen LogP contribution is 2.18. The summed E-state index contributed by atoms with van der Waals surface area (Å²) in [6.07, 6.45) is 2.11. The van der Waals surface area contributed by atoms with Crippen molar-refractivity contribution in [3.63, 3.8) is 0 Å². The van der Waals surface area contributed by atoms with Gasteiger partial charge >= 0.3 is 0 Å². The molecular weight excluding hydrogens is 288 g/mol. The van der Waals surface area contributed by atoms with Gasteiger partial charge in [0.05, 0.1) is 13.2 Å². The van der Waals surface area contributed by atoms with Crippen LogP contribution in [-0.4, -0.2) is 50.2 Å². The summed E-state index contributed by atoms with van der Waals surface area (Å²) in [7, 11) is 0. The molecule has 0 aliphatic carbocycles. The van der Waals surface area contributed by atoms with Crippen LogP contribution in [0.25, 0.3) is 10.8 Å². The van der Waals surface area contributed by atoms with Crippen LogP contribution in [0, 0.1) is 0 Å². The normalized spacial score (nSPS) is 15.7. The van der Waals surface area contributed by atoms with Gasteiger partial charge in [-0.2, -0.15) is 0 Å². The molecule has 1 N–H and O–H groups in total. The van der Waals surface area contributed by atoms with Crippen LogP contribution in [0.5, 0.6) is 0 Å². The molecule has 0 aromatic heterocycles.